The molecule has 0 aliphatic rings. The first kappa shape index (κ1) is 13.8. The minimum absolute atomic E-state index is 0.107. The van der Waals surface area contributed by atoms with E-state index in [9.17, 15) is 0 Å². The van der Waals surface area contributed by atoms with E-state index in [-0.39, 0.29) is 6.04 Å². The molecule has 3 heteroatoms. The van der Waals surface area contributed by atoms with Crippen molar-refractivity contribution in [3.63, 3.8) is 0 Å². The molecule has 0 radical (unpaired) electrons. The van der Waals surface area contributed by atoms with Crippen molar-refractivity contribution in [2.45, 2.75) is 6.04 Å². The fourth-order valence-corrected chi connectivity index (χ4v) is 2.54. The van der Waals surface area contributed by atoms with Crippen molar-refractivity contribution in [2.24, 2.45) is 0 Å². The van der Waals surface area contributed by atoms with Crippen LogP contribution in [0.1, 0.15) is 17.2 Å². The molecule has 0 aliphatic heterocycles. The van der Waals surface area contributed by atoms with Gasteiger partial charge in [0.25, 0.3) is 0 Å². The third-order valence-electron chi connectivity index (χ3n) is 3.33. The molecule has 0 fully saturated rings. The van der Waals surface area contributed by atoms with E-state index in [1.165, 1.54) is 11.1 Å². The van der Waals surface area contributed by atoms with Gasteiger partial charge in [-0.3, -0.25) is 4.98 Å². The van der Waals surface area contributed by atoms with Crippen LogP contribution in [-0.2, 0) is 0 Å². The molecule has 3 aromatic rings. The van der Waals surface area contributed by atoms with Crippen molar-refractivity contribution < 1.29 is 0 Å². The van der Waals surface area contributed by atoms with Crippen LogP contribution in [0.25, 0.3) is 0 Å². The number of rotatable bonds is 4. The molecule has 1 heterocycles. The lowest BCUT2D eigenvalue weighted by molar-refractivity contribution is 0.934. The predicted molar refractivity (Wildman–Crippen MR) is 90.3 cm³/mol. The average Bonchev–Trinajstić information content (AvgIpc) is 2.56. The zero-order valence-corrected chi connectivity index (χ0v) is 13.0. The molecule has 2 nitrogen and oxygen atoms in total. The number of aromatic nitrogens is 1. The second kappa shape index (κ2) is 6.55. The molecule has 0 saturated heterocycles. The lowest BCUT2D eigenvalue weighted by Crippen LogP contribution is -2.12. The van der Waals surface area contributed by atoms with Crippen LogP contribution >= 0.6 is 15.9 Å². The normalized spacial score (nSPS) is 11.9. The van der Waals surface area contributed by atoms with Crippen LogP contribution in [0.15, 0.2) is 83.6 Å². The van der Waals surface area contributed by atoms with Gasteiger partial charge in [0.1, 0.15) is 0 Å². The maximum absolute atomic E-state index is 4.11. The Labute approximate surface area is 133 Å². The van der Waals surface area contributed by atoms with E-state index in [1.807, 2.05) is 42.7 Å². The van der Waals surface area contributed by atoms with Crippen LogP contribution in [0.2, 0.25) is 0 Å². The molecule has 104 valence electrons. The number of hydrogen-bond acceptors (Lipinski definition) is 2. The topological polar surface area (TPSA) is 24.9 Å². The summed E-state index contributed by atoms with van der Waals surface area (Å²) in [6.45, 7) is 0. The summed E-state index contributed by atoms with van der Waals surface area (Å²) in [5.41, 5.74) is 3.51. The third-order valence-corrected chi connectivity index (χ3v) is 3.86. The zero-order valence-electron chi connectivity index (χ0n) is 11.4. The van der Waals surface area contributed by atoms with Crippen molar-refractivity contribution in [1.82, 2.24) is 4.98 Å². The highest BCUT2D eigenvalue weighted by molar-refractivity contribution is 9.10. The van der Waals surface area contributed by atoms with E-state index < -0.39 is 0 Å². The van der Waals surface area contributed by atoms with Crippen LogP contribution in [0, 0.1) is 0 Å². The molecule has 1 atom stereocenters. The quantitative estimate of drug-likeness (QED) is 0.720. The Bertz CT molecular complexity index is 642. The number of anilines is 1. The van der Waals surface area contributed by atoms with Gasteiger partial charge in [-0.25, -0.2) is 0 Å². The molecule has 3 rings (SSSR count). The van der Waals surface area contributed by atoms with E-state index >= 15 is 0 Å². The van der Waals surface area contributed by atoms with Crippen molar-refractivity contribution >= 4 is 21.6 Å². The highest BCUT2D eigenvalue weighted by atomic mass is 79.9. The van der Waals surface area contributed by atoms with Gasteiger partial charge < -0.3 is 5.32 Å². The molecule has 1 aromatic heterocycles. The molecule has 1 N–H and O–H groups in total. The van der Waals surface area contributed by atoms with Gasteiger partial charge in [-0.1, -0.05) is 46.3 Å². The summed E-state index contributed by atoms with van der Waals surface area (Å²) in [5, 5.41) is 3.59. The van der Waals surface area contributed by atoms with E-state index in [4.69, 9.17) is 0 Å². The highest BCUT2D eigenvalue weighted by Gasteiger charge is 2.13. The molecule has 21 heavy (non-hydrogen) atoms. The summed E-state index contributed by atoms with van der Waals surface area (Å²) in [4.78, 5) is 4.11. The lowest BCUT2D eigenvalue weighted by Gasteiger charge is -2.21. The molecular formula is C18H15BrN2. The summed E-state index contributed by atoms with van der Waals surface area (Å²) in [5.74, 6) is 0. The van der Waals surface area contributed by atoms with Crippen LogP contribution < -0.4 is 5.32 Å². The second-order valence-corrected chi connectivity index (χ2v) is 5.69. The summed E-state index contributed by atoms with van der Waals surface area (Å²) in [6.07, 6.45) is 3.66. The molecular weight excluding hydrogens is 324 g/mol. The van der Waals surface area contributed by atoms with Crippen LogP contribution in [-0.4, -0.2) is 4.98 Å². The first-order valence-corrected chi connectivity index (χ1v) is 7.59. The van der Waals surface area contributed by atoms with Gasteiger partial charge in [-0.2, -0.15) is 0 Å². The fraction of sp³-hybridized carbons (Fsp3) is 0.0556. The molecule has 2 aromatic carbocycles. The first-order valence-electron chi connectivity index (χ1n) is 6.80. The van der Waals surface area contributed by atoms with E-state index in [0.717, 1.165) is 10.2 Å². The van der Waals surface area contributed by atoms with Gasteiger partial charge in [-0.15, -0.1) is 0 Å². The van der Waals surface area contributed by atoms with Crippen molar-refractivity contribution in [1.29, 1.82) is 0 Å². The Morgan fingerprint density at radius 1 is 0.762 bits per heavy atom. The summed E-state index contributed by atoms with van der Waals surface area (Å²) in [6, 6.07) is 22.8. The average molecular weight is 339 g/mol. The van der Waals surface area contributed by atoms with Crippen molar-refractivity contribution in [3.8, 4) is 0 Å². The molecule has 0 unspecified atom stereocenters. The fourth-order valence-electron chi connectivity index (χ4n) is 2.27. The smallest absolute Gasteiger partial charge is 0.0768 e. The number of pyridine rings is 1. The van der Waals surface area contributed by atoms with Crippen molar-refractivity contribution in [2.75, 3.05) is 5.32 Å². The van der Waals surface area contributed by atoms with E-state index in [0.29, 0.717) is 0 Å². The monoisotopic (exact) mass is 338 g/mol. The Hall–Kier alpha value is -2.13. The summed E-state index contributed by atoms with van der Waals surface area (Å²) < 4.78 is 1.08. The van der Waals surface area contributed by atoms with E-state index in [1.54, 1.807) is 0 Å². The summed E-state index contributed by atoms with van der Waals surface area (Å²) >= 11 is 3.47. The molecule has 0 spiro atoms. The molecule has 0 saturated carbocycles. The molecule has 0 bridgehead atoms. The molecule has 0 aliphatic carbocycles. The minimum Gasteiger partial charge on any atom is -0.374 e. The SMILES string of the molecule is Brc1ccc(N[C@H](c2ccccc2)c2ccncc2)cc1. The standard InChI is InChI=1S/C18H15BrN2/c19-16-6-8-17(9-7-16)21-18(14-4-2-1-3-5-14)15-10-12-20-13-11-15/h1-13,18,21H/t18-/m1/s1. The Balaban J connectivity index is 1.95. The second-order valence-electron chi connectivity index (χ2n) is 4.78. The van der Waals surface area contributed by atoms with Gasteiger partial charge in [0, 0.05) is 22.6 Å². The van der Waals surface area contributed by atoms with Gasteiger partial charge in [0.05, 0.1) is 6.04 Å². The predicted octanol–water partition coefficient (Wildman–Crippen LogP) is 5.05. The van der Waals surface area contributed by atoms with E-state index in [2.05, 4.69) is 62.6 Å². The van der Waals surface area contributed by atoms with Gasteiger partial charge in [-0.05, 0) is 47.5 Å². The van der Waals surface area contributed by atoms with Gasteiger partial charge >= 0.3 is 0 Å². The number of hydrogen-bond donors (Lipinski definition) is 1. The number of nitrogens with one attached hydrogen (secondary N) is 1. The maximum Gasteiger partial charge on any atom is 0.0768 e. The maximum atomic E-state index is 4.11. The number of halogens is 1. The lowest BCUT2D eigenvalue weighted by atomic mass is 9.99. The zero-order chi connectivity index (χ0) is 14.5. The third kappa shape index (κ3) is 3.50. The van der Waals surface area contributed by atoms with Crippen LogP contribution in [0.4, 0.5) is 5.69 Å². The highest BCUT2D eigenvalue weighted by Crippen LogP contribution is 2.26. The van der Waals surface area contributed by atoms with Gasteiger partial charge in [0.2, 0.25) is 0 Å². The first-order chi connectivity index (χ1) is 10.3. The van der Waals surface area contributed by atoms with Crippen LogP contribution in [0.5, 0.6) is 0 Å². The minimum atomic E-state index is 0.107. The Morgan fingerprint density at radius 3 is 2.05 bits per heavy atom. The largest absolute Gasteiger partial charge is 0.374 e. The van der Waals surface area contributed by atoms with Gasteiger partial charge in [0.15, 0.2) is 0 Å². The number of benzene rings is 2. The Morgan fingerprint density at radius 2 is 1.38 bits per heavy atom. The Kier molecular flexibility index (Phi) is 4.31. The number of nitrogens with zero attached hydrogens (tertiary/aromatic N) is 1. The summed E-state index contributed by atoms with van der Waals surface area (Å²) in [7, 11) is 0. The molecule has 0 amide bonds. The van der Waals surface area contributed by atoms with Crippen molar-refractivity contribution in [3.05, 3.63) is 94.7 Å². The van der Waals surface area contributed by atoms with Crippen LogP contribution in [0.3, 0.4) is 0 Å².